The number of fused-ring (bicyclic) bond motifs is 1. The summed E-state index contributed by atoms with van der Waals surface area (Å²) in [4.78, 5) is 7.14. The van der Waals surface area contributed by atoms with Crippen LogP contribution in [0.1, 0.15) is 24.6 Å². The predicted octanol–water partition coefficient (Wildman–Crippen LogP) is 1.68. The average molecular weight is 244 g/mol. The van der Waals surface area contributed by atoms with Crippen molar-refractivity contribution < 1.29 is 0 Å². The minimum Gasteiger partial charge on any atom is -0.330 e. The quantitative estimate of drug-likeness (QED) is 0.874. The molecule has 2 unspecified atom stereocenters. The lowest BCUT2D eigenvalue weighted by molar-refractivity contribution is 0.122. The molecule has 1 fully saturated rings. The first kappa shape index (κ1) is 11.7. The number of nitrogens with two attached hydrogens (primary N) is 1. The van der Waals surface area contributed by atoms with Crippen molar-refractivity contribution in [2.45, 2.75) is 18.9 Å². The van der Waals surface area contributed by atoms with Crippen molar-refractivity contribution in [3.63, 3.8) is 0 Å². The van der Waals surface area contributed by atoms with Gasteiger partial charge in [-0.05, 0) is 51.0 Å². The van der Waals surface area contributed by atoms with E-state index in [0.717, 1.165) is 24.4 Å². The van der Waals surface area contributed by atoms with Gasteiger partial charge in [0, 0.05) is 12.4 Å². The number of aromatic nitrogens is 2. The van der Waals surface area contributed by atoms with E-state index in [1.165, 1.54) is 12.8 Å². The molecule has 3 rings (SSSR count). The number of hydrogen-bond acceptors (Lipinski definition) is 3. The van der Waals surface area contributed by atoms with Crippen LogP contribution in [0.3, 0.4) is 0 Å². The van der Waals surface area contributed by atoms with Crippen LogP contribution in [-0.4, -0.2) is 34.4 Å². The zero-order valence-electron chi connectivity index (χ0n) is 10.8. The first-order chi connectivity index (χ1) is 8.79. The van der Waals surface area contributed by atoms with Crippen LogP contribution in [-0.2, 0) is 0 Å². The summed E-state index contributed by atoms with van der Waals surface area (Å²) in [6.45, 7) is 1.87. The lowest BCUT2D eigenvalue weighted by Crippen LogP contribution is -2.39. The van der Waals surface area contributed by atoms with Gasteiger partial charge in [0.25, 0.3) is 0 Å². The van der Waals surface area contributed by atoms with Crippen LogP contribution in [0.4, 0.5) is 0 Å². The molecule has 96 valence electrons. The van der Waals surface area contributed by atoms with Gasteiger partial charge in [0.05, 0.1) is 11.7 Å². The van der Waals surface area contributed by atoms with Gasteiger partial charge in [-0.2, -0.15) is 0 Å². The fourth-order valence-corrected chi connectivity index (χ4v) is 3.07. The Kier molecular flexibility index (Phi) is 3.06. The number of likely N-dealkylation sites (tertiary alicyclic amines) is 1. The summed E-state index contributed by atoms with van der Waals surface area (Å²) >= 11 is 0. The summed E-state index contributed by atoms with van der Waals surface area (Å²) in [5, 5.41) is 0. The Morgan fingerprint density at radius 3 is 3.11 bits per heavy atom. The van der Waals surface area contributed by atoms with Crippen molar-refractivity contribution in [3.8, 4) is 0 Å². The Hall–Kier alpha value is -1.39. The zero-order valence-corrected chi connectivity index (χ0v) is 10.8. The summed E-state index contributed by atoms with van der Waals surface area (Å²) < 4.78 is 2.09. The lowest BCUT2D eigenvalue weighted by atomic mass is 9.88. The van der Waals surface area contributed by atoms with Gasteiger partial charge >= 0.3 is 0 Å². The van der Waals surface area contributed by atoms with Crippen molar-refractivity contribution in [2.24, 2.45) is 11.7 Å². The molecule has 1 aliphatic heterocycles. The minimum atomic E-state index is 0.364. The topological polar surface area (TPSA) is 46.6 Å². The molecule has 1 aliphatic rings. The van der Waals surface area contributed by atoms with E-state index in [-0.39, 0.29) is 0 Å². The molecule has 18 heavy (non-hydrogen) atoms. The summed E-state index contributed by atoms with van der Waals surface area (Å²) in [5.74, 6) is 0.522. The Labute approximate surface area is 107 Å². The van der Waals surface area contributed by atoms with Gasteiger partial charge in [-0.15, -0.1) is 0 Å². The van der Waals surface area contributed by atoms with E-state index < -0.39 is 0 Å². The fraction of sp³-hybridized carbons (Fsp3) is 0.500. The highest BCUT2D eigenvalue weighted by Gasteiger charge is 2.31. The molecular weight excluding hydrogens is 224 g/mol. The summed E-state index contributed by atoms with van der Waals surface area (Å²) in [6.07, 6.45) is 6.64. The van der Waals surface area contributed by atoms with Gasteiger partial charge in [0.1, 0.15) is 5.65 Å². The van der Waals surface area contributed by atoms with Gasteiger partial charge in [-0.25, -0.2) is 4.98 Å². The molecule has 3 heterocycles. The van der Waals surface area contributed by atoms with Crippen LogP contribution < -0.4 is 5.73 Å². The van der Waals surface area contributed by atoms with Crippen LogP contribution in [0.5, 0.6) is 0 Å². The molecule has 1 saturated heterocycles. The van der Waals surface area contributed by atoms with Gasteiger partial charge in [-0.3, -0.25) is 4.90 Å². The van der Waals surface area contributed by atoms with Crippen LogP contribution in [0.25, 0.3) is 5.65 Å². The molecule has 4 nitrogen and oxygen atoms in total. The van der Waals surface area contributed by atoms with E-state index in [0.29, 0.717) is 12.0 Å². The monoisotopic (exact) mass is 244 g/mol. The second-order valence-corrected chi connectivity index (χ2v) is 5.20. The van der Waals surface area contributed by atoms with Gasteiger partial charge < -0.3 is 10.1 Å². The second-order valence-electron chi connectivity index (χ2n) is 5.20. The highest BCUT2D eigenvalue weighted by atomic mass is 15.2. The van der Waals surface area contributed by atoms with Crippen molar-refractivity contribution in [1.82, 2.24) is 14.3 Å². The van der Waals surface area contributed by atoms with Crippen molar-refractivity contribution in [2.75, 3.05) is 20.1 Å². The van der Waals surface area contributed by atoms with E-state index in [1.54, 1.807) is 0 Å². The highest BCUT2D eigenvalue weighted by Crippen LogP contribution is 2.33. The van der Waals surface area contributed by atoms with Crippen LogP contribution in [0.15, 0.2) is 30.6 Å². The number of rotatable bonds is 2. The molecule has 2 aromatic heterocycles. The van der Waals surface area contributed by atoms with E-state index in [9.17, 15) is 0 Å². The Bertz CT molecular complexity index is 500. The average Bonchev–Trinajstić information content (AvgIpc) is 2.81. The second kappa shape index (κ2) is 4.71. The van der Waals surface area contributed by atoms with E-state index >= 15 is 0 Å². The molecule has 4 heteroatoms. The molecule has 2 N–H and O–H groups in total. The maximum atomic E-state index is 5.93. The minimum absolute atomic E-state index is 0.364. The first-order valence-electron chi connectivity index (χ1n) is 6.63. The third-order valence-corrected chi connectivity index (χ3v) is 4.00. The van der Waals surface area contributed by atoms with Crippen molar-refractivity contribution in [3.05, 3.63) is 36.3 Å². The number of piperidine rings is 1. The Morgan fingerprint density at radius 1 is 1.44 bits per heavy atom. The lowest BCUT2D eigenvalue weighted by Gasteiger charge is -2.37. The standard InChI is InChI=1S/C14H20N4/c1-17-7-4-5-11(9-15)14(17)12-10-18-8-3-2-6-13(18)16-12/h2-3,6,8,10-11,14H,4-5,7,9,15H2,1H3. The third-order valence-electron chi connectivity index (χ3n) is 4.00. The largest absolute Gasteiger partial charge is 0.330 e. The normalized spacial score (nSPS) is 25.7. The number of imidazole rings is 1. The molecule has 0 saturated carbocycles. The first-order valence-corrected chi connectivity index (χ1v) is 6.63. The number of pyridine rings is 1. The van der Waals surface area contributed by atoms with Crippen LogP contribution in [0, 0.1) is 5.92 Å². The fourth-order valence-electron chi connectivity index (χ4n) is 3.07. The van der Waals surface area contributed by atoms with E-state index in [1.807, 2.05) is 24.4 Å². The Balaban J connectivity index is 2.00. The molecule has 0 radical (unpaired) electrons. The summed E-state index contributed by atoms with van der Waals surface area (Å²) in [6, 6.07) is 6.47. The summed E-state index contributed by atoms with van der Waals surface area (Å²) in [7, 11) is 2.18. The van der Waals surface area contributed by atoms with Crippen molar-refractivity contribution >= 4 is 5.65 Å². The molecule has 0 aromatic carbocycles. The molecule has 2 aromatic rings. The van der Waals surface area contributed by atoms with Gasteiger partial charge in [-0.1, -0.05) is 6.07 Å². The maximum Gasteiger partial charge on any atom is 0.137 e. The van der Waals surface area contributed by atoms with E-state index in [2.05, 4.69) is 22.5 Å². The molecule has 0 bridgehead atoms. The predicted molar refractivity (Wildman–Crippen MR) is 72.3 cm³/mol. The van der Waals surface area contributed by atoms with Gasteiger partial charge in [0.15, 0.2) is 0 Å². The zero-order chi connectivity index (χ0) is 12.5. The number of nitrogens with zero attached hydrogens (tertiary/aromatic N) is 3. The molecule has 0 amide bonds. The van der Waals surface area contributed by atoms with Gasteiger partial charge in [0.2, 0.25) is 0 Å². The smallest absolute Gasteiger partial charge is 0.137 e. The number of hydrogen-bond donors (Lipinski definition) is 1. The molecule has 2 atom stereocenters. The van der Waals surface area contributed by atoms with Crippen LogP contribution in [0.2, 0.25) is 0 Å². The molecule has 0 aliphatic carbocycles. The Morgan fingerprint density at radius 2 is 2.33 bits per heavy atom. The molecule has 0 spiro atoms. The third kappa shape index (κ3) is 1.91. The van der Waals surface area contributed by atoms with E-state index in [4.69, 9.17) is 10.7 Å². The highest BCUT2D eigenvalue weighted by molar-refractivity contribution is 5.40. The van der Waals surface area contributed by atoms with Crippen molar-refractivity contribution in [1.29, 1.82) is 0 Å². The summed E-state index contributed by atoms with van der Waals surface area (Å²) in [5.41, 5.74) is 8.09. The maximum absolute atomic E-state index is 5.93. The molecular formula is C14H20N4. The van der Waals surface area contributed by atoms with Crippen LogP contribution >= 0.6 is 0 Å². The SMILES string of the molecule is CN1CCCC(CN)C1c1cn2ccccc2n1.